The van der Waals surface area contributed by atoms with Crippen LogP contribution in [0.25, 0.3) is 0 Å². The van der Waals surface area contributed by atoms with Gasteiger partial charge in [0.1, 0.15) is 5.75 Å². The molecule has 2 atom stereocenters. The average molecular weight is 338 g/mol. The van der Waals surface area contributed by atoms with Crippen molar-refractivity contribution >= 4 is 5.91 Å². The maximum atomic E-state index is 12.5. The van der Waals surface area contributed by atoms with Crippen molar-refractivity contribution in [1.82, 2.24) is 5.32 Å². The van der Waals surface area contributed by atoms with Crippen molar-refractivity contribution in [1.29, 1.82) is 5.26 Å². The fraction of sp³-hybridized carbons (Fsp3) is 0.300. The van der Waals surface area contributed by atoms with Crippen LogP contribution < -0.4 is 10.1 Å². The average Bonchev–Trinajstić information content (AvgIpc) is 2.66. The van der Waals surface area contributed by atoms with Crippen LogP contribution in [0, 0.1) is 11.3 Å². The Balaban J connectivity index is 1.99. The highest BCUT2D eigenvalue weighted by atomic mass is 16.5. The van der Waals surface area contributed by atoms with Gasteiger partial charge >= 0.3 is 0 Å². The summed E-state index contributed by atoms with van der Waals surface area (Å²) in [5.41, 5.74) is 1.53. The Morgan fingerprint density at radius 1 is 1.20 bits per heavy atom. The number of nitrogens with zero attached hydrogens (tertiary/aromatic N) is 1. The Kier molecular flexibility index (Phi) is 7.00. The zero-order valence-electron chi connectivity index (χ0n) is 14.2. The fourth-order valence-electron chi connectivity index (χ4n) is 2.46. The van der Waals surface area contributed by atoms with Gasteiger partial charge in [0.2, 0.25) is 0 Å². The number of aliphatic hydroxyl groups is 1. The molecule has 2 aromatic carbocycles. The van der Waals surface area contributed by atoms with E-state index in [9.17, 15) is 4.79 Å². The number of ether oxygens (including phenoxy) is 1. The molecule has 0 fully saturated rings. The van der Waals surface area contributed by atoms with Crippen LogP contribution in [0.5, 0.6) is 5.75 Å². The predicted octanol–water partition coefficient (Wildman–Crippen LogP) is 2.96. The molecule has 0 bridgehead atoms. The quantitative estimate of drug-likeness (QED) is 0.775. The van der Waals surface area contributed by atoms with Gasteiger partial charge in [-0.05, 0) is 49.6 Å². The summed E-state index contributed by atoms with van der Waals surface area (Å²) in [5.74, 6) is 0.310. The molecule has 0 aliphatic heterocycles. The number of aliphatic hydroxyl groups excluding tert-OH is 1. The number of nitriles is 1. The molecule has 1 amide bonds. The van der Waals surface area contributed by atoms with Crippen molar-refractivity contribution in [2.24, 2.45) is 0 Å². The van der Waals surface area contributed by atoms with E-state index >= 15 is 0 Å². The van der Waals surface area contributed by atoms with Crippen molar-refractivity contribution in [3.05, 3.63) is 65.7 Å². The van der Waals surface area contributed by atoms with Gasteiger partial charge in [-0.25, -0.2) is 0 Å². The van der Waals surface area contributed by atoms with E-state index in [-0.39, 0.29) is 18.6 Å². The topological polar surface area (TPSA) is 82.3 Å². The van der Waals surface area contributed by atoms with Gasteiger partial charge < -0.3 is 15.2 Å². The minimum absolute atomic E-state index is 0.0799. The van der Waals surface area contributed by atoms with Gasteiger partial charge in [-0.3, -0.25) is 4.79 Å². The van der Waals surface area contributed by atoms with Crippen LogP contribution in [0.1, 0.15) is 36.9 Å². The van der Waals surface area contributed by atoms with E-state index in [2.05, 4.69) is 5.32 Å². The molecule has 0 heterocycles. The van der Waals surface area contributed by atoms with E-state index in [1.165, 1.54) is 0 Å². The minimum atomic E-state index is -0.673. The Bertz CT molecular complexity index is 708. The number of nitrogens with one attached hydrogen (secondary N) is 1. The normalized spacial score (nSPS) is 12.7. The van der Waals surface area contributed by atoms with Crippen molar-refractivity contribution in [3.63, 3.8) is 0 Å². The summed E-state index contributed by atoms with van der Waals surface area (Å²) in [6.07, 6.45) is 0.578. The number of amides is 1. The lowest BCUT2D eigenvalue weighted by Crippen LogP contribution is -2.38. The third-order valence-electron chi connectivity index (χ3n) is 3.83. The predicted molar refractivity (Wildman–Crippen MR) is 94.9 cm³/mol. The van der Waals surface area contributed by atoms with Gasteiger partial charge in [0, 0.05) is 6.61 Å². The summed E-state index contributed by atoms with van der Waals surface area (Å²) >= 11 is 0. The summed E-state index contributed by atoms with van der Waals surface area (Å²) in [6.45, 7) is 1.76. The smallest absolute Gasteiger partial charge is 0.261 e. The number of rotatable bonds is 8. The number of carbonyl (C=O) groups excluding carboxylic acids is 1. The SMILES string of the molecule is CC(Oc1ccc(C#N)cc1)C(=O)NC(CCCO)c1ccccc1. The Morgan fingerprint density at radius 3 is 2.48 bits per heavy atom. The van der Waals surface area contributed by atoms with Gasteiger partial charge in [-0.2, -0.15) is 5.26 Å². The van der Waals surface area contributed by atoms with Gasteiger partial charge in [0.25, 0.3) is 5.91 Å². The summed E-state index contributed by atoms with van der Waals surface area (Å²) in [6, 6.07) is 18.2. The molecule has 0 saturated carbocycles. The van der Waals surface area contributed by atoms with Crippen molar-refractivity contribution in [3.8, 4) is 11.8 Å². The number of hydrogen-bond acceptors (Lipinski definition) is 4. The first-order valence-electron chi connectivity index (χ1n) is 8.27. The second-order valence-corrected chi connectivity index (χ2v) is 5.73. The molecule has 5 nitrogen and oxygen atoms in total. The summed E-state index contributed by atoms with van der Waals surface area (Å²) in [5, 5.41) is 20.9. The number of carbonyl (C=O) groups is 1. The van der Waals surface area contributed by atoms with Crippen LogP contribution in [0.15, 0.2) is 54.6 Å². The molecule has 0 saturated heterocycles. The second-order valence-electron chi connectivity index (χ2n) is 5.73. The molecule has 2 N–H and O–H groups in total. The van der Waals surface area contributed by atoms with Crippen molar-refractivity contribution in [2.45, 2.75) is 31.9 Å². The third kappa shape index (κ3) is 5.63. The third-order valence-corrected chi connectivity index (χ3v) is 3.83. The largest absolute Gasteiger partial charge is 0.481 e. The van der Waals surface area contributed by atoms with E-state index in [1.54, 1.807) is 31.2 Å². The van der Waals surface area contributed by atoms with Crippen LogP contribution in [0.2, 0.25) is 0 Å². The molecule has 2 aromatic rings. The first-order valence-corrected chi connectivity index (χ1v) is 8.27. The van der Waals surface area contributed by atoms with Crippen LogP contribution in [-0.4, -0.2) is 23.7 Å². The first kappa shape index (κ1) is 18.5. The lowest BCUT2D eigenvalue weighted by atomic mass is 10.0. The standard InChI is InChI=1S/C20H22N2O3/c1-15(25-18-11-9-16(14-21)10-12-18)20(24)22-19(8-5-13-23)17-6-3-2-4-7-17/h2-4,6-7,9-12,15,19,23H,5,8,13H2,1H3,(H,22,24). The highest BCUT2D eigenvalue weighted by Gasteiger charge is 2.20. The molecular formula is C20H22N2O3. The summed E-state index contributed by atoms with van der Waals surface area (Å²) in [4.78, 5) is 12.5. The van der Waals surface area contributed by atoms with Crippen molar-refractivity contribution in [2.75, 3.05) is 6.61 Å². The summed E-state index contributed by atoms with van der Waals surface area (Å²) in [7, 11) is 0. The maximum absolute atomic E-state index is 12.5. The molecule has 2 rings (SSSR count). The molecule has 0 aliphatic rings. The highest BCUT2D eigenvalue weighted by molar-refractivity contribution is 5.81. The maximum Gasteiger partial charge on any atom is 0.261 e. The molecular weight excluding hydrogens is 316 g/mol. The Hall–Kier alpha value is -2.84. The fourth-order valence-corrected chi connectivity index (χ4v) is 2.46. The Morgan fingerprint density at radius 2 is 1.88 bits per heavy atom. The monoisotopic (exact) mass is 338 g/mol. The van der Waals surface area contributed by atoms with E-state index in [0.717, 1.165) is 5.56 Å². The lowest BCUT2D eigenvalue weighted by molar-refractivity contribution is -0.128. The van der Waals surface area contributed by atoms with E-state index in [0.29, 0.717) is 24.2 Å². The first-order chi connectivity index (χ1) is 12.1. The summed E-state index contributed by atoms with van der Waals surface area (Å²) < 4.78 is 5.65. The molecule has 5 heteroatoms. The van der Waals surface area contributed by atoms with Crippen LogP contribution >= 0.6 is 0 Å². The molecule has 0 aliphatic carbocycles. The van der Waals surface area contributed by atoms with Crippen LogP contribution in [-0.2, 0) is 4.79 Å². The lowest BCUT2D eigenvalue weighted by Gasteiger charge is -2.22. The number of benzene rings is 2. The second kappa shape index (κ2) is 9.45. The molecule has 0 radical (unpaired) electrons. The molecule has 25 heavy (non-hydrogen) atoms. The zero-order chi connectivity index (χ0) is 18.1. The molecule has 0 aromatic heterocycles. The van der Waals surface area contributed by atoms with Gasteiger partial charge in [0.05, 0.1) is 17.7 Å². The van der Waals surface area contributed by atoms with E-state index in [4.69, 9.17) is 15.1 Å². The van der Waals surface area contributed by atoms with Gasteiger partial charge in [-0.15, -0.1) is 0 Å². The van der Waals surface area contributed by atoms with Gasteiger partial charge in [-0.1, -0.05) is 30.3 Å². The highest BCUT2D eigenvalue weighted by Crippen LogP contribution is 2.19. The van der Waals surface area contributed by atoms with E-state index < -0.39 is 6.10 Å². The molecule has 2 unspecified atom stereocenters. The van der Waals surface area contributed by atoms with Crippen LogP contribution in [0.3, 0.4) is 0 Å². The molecule has 130 valence electrons. The zero-order valence-corrected chi connectivity index (χ0v) is 14.2. The van der Waals surface area contributed by atoms with Crippen molar-refractivity contribution < 1.29 is 14.6 Å². The van der Waals surface area contributed by atoms with Gasteiger partial charge in [0.15, 0.2) is 6.10 Å². The van der Waals surface area contributed by atoms with E-state index in [1.807, 2.05) is 36.4 Å². The number of hydrogen-bond donors (Lipinski definition) is 2. The Labute approximate surface area is 147 Å². The minimum Gasteiger partial charge on any atom is -0.481 e. The molecule has 0 spiro atoms. The van der Waals surface area contributed by atoms with Crippen LogP contribution in [0.4, 0.5) is 0 Å².